The van der Waals surface area contributed by atoms with Crippen LogP contribution in [0.15, 0.2) is 60.7 Å². The van der Waals surface area contributed by atoms with Gasteiger partial charge >= 0.3 is 0 Å². The van der Waals surface area contributed by atoms with Crippen molar-refractivity contribution in [2.45, 2.75) is 12.8 Å². The van der Waals surface area contributed by atoms with E-state index in [1.807, 2.05) is 11.8 Å². The lowest BCUT2D eigenvalue weighted by Crippen LogP contribution is -2.27. The van der Waals surface area contributed by atoms with Gasteiger partial charge in [0.25, 0.3) is 0 Å². The van der Waals surface area contributed by atoms with Gasteiger partial charge in [-0.15, -0.1) is 0 Å². The zero-order valence-corrected chi connectivity index (χ0v) is 13.8. The van der Waals surface area contributed by atoms with E-state index in [9.17, 15) is 0 Å². The van der Waals surface area contributed by atoms with Gasteiger partial charge in [-0.2, -0.15) is 11.8 Å². The lowest BCUT2D eigenvalue weighted by Gasteiger charge is -2.20. The Labute approximate surface area is 133 Å². The third-order valence-corrected chi connectivity index (χ3v) is 4.60. The molecule has 1 atom stereocenters. The van der Waals surface area contributed by atoms with Crippen molar-refractivity contribution < 1.29 is 0 Å². The average molecular weight is 299 g/mol. The molecule has 1 nitrogen and oxygen atoms in total. The minimum Gasteiger partial charge on any atom is -0.315 e. The molecule has 0 aliphatic rings. The summed E-state index contributed by atoms with van der Waals surface area (Å²) in [6, 6.07) is 21.6. The summed E-state index contributed by atoms with van der Waals surface area (Å²) >= 11 is 1.92. The van der Waals surface area contributed by atoms with Crippen LogP contribution in [0.5, 0.6) is 0 Å². The summed E-state index contributed by atoms with van der Waals surface area (Å²) in [5, 5.41) is 3.65. The van der Waals surface area contributed by atoms with Crippen LogP contribution in [0.25, 0.3) is 0 Å². The van der Waals surface area contributed by atoms with Crippen molar-refractivity contribution in [1.82, 2.24) is 5.32 Å². The SMILES string of the molecule is CSCC(C)CNCC(c1ccccc1)c1ccccc1. The van der Waals surface area contributed by atoms with Crippen LogP contribution in [-0.2, 0) is 0 Å². The predicted octanol–water partition coefficient (Wildman–Crippen LogP) is 4.41. The first-order valence-corrected chi connectivity index (χ1v) is 9.00. The molecule has 112 valence electrons. The van der Waals surface area contributed by atoms with Crippen LogP contribution in [0.1, 0.15) is 24.0 Å². The summed E-state index contributed by atoms with van der Waals surface area (Å²) in [7, 11) is 0. The first-order valence-electron chi connectivity index (χ1n) is 7.60. The molecule has 0 saturated heterocycles. The lowest BCUT2D eigenvalue weighted by molar-refractivity contribution is 0.543. The Kier molecular flexibility index (Phi) is 6.84. The molecule has 0 amide bonds. The highest BCUT2D eigenvalue weighted by molar-refractivity contribution is 7.98. The standard InChI is InChI=1S/C19H25NS/c1-16(15-21-2)13-20-14-19(17-9-5-3-6-10-17)18-11-7-4-8-12-18/h3-12,16,19-20H,13-15H2,1-2H3. The van der Waals surface area contributed by atoms with Crippen molar-refractivity contribution in [3.63, 3.8) is 0 Å². The minimum atomic E-state index is 0.425. The van der Waals surface area contributed by atoms with E-state index in [0.717, 1.165) is 13.1 Å². The van der Waals surface area contributed by atoms with Gasteiger partial charge in [-0.1, -0.05) is 67.6 Å². The maximum Gasteiger partial charge on any atom is 0.0214 e. The van der Waals surface area contributed by atoms with Crippen LogP contribution < -0.4 is 5.32 Å². The number of benzene rings is 2. The van der Waals surface area contributed by atoms with Crippen LogP contribution >= 0.6 is 11.8 Å². The Balaban J connectivity index is 2.04. The summed E-state index contributed by atoms with van der Waals surface area (Å²) in [6.07, 6.45) is 2.17. The fourth-order valence-electron chi connectivity index (χ4n) is 2.62. The maximum atomic E-state index is 3.65. The Morgan fingerprint density at radius 1 is 0.857 bits per heavy atom. The van der Waals surface area contributed by atoms with Gasteiger partial charge in [0.2, 0.25) is 0 Å². The van der Waals surface area contributed by atoms with E-state index in [4.69, 9.17) is 0 Å². The van der Waals surface area contributed by atoms with Crippen LogP contribution in [-0.4, -0.2) is 25.1 Å². The molecule has 0 aliphatic carbocycles. The monoisotopic (exact) mass is 299 g/mol. The van der Waals surface area contributed by atoms with Gasteiger partial charge in [0.1, 0.15) is 0 Å². The molecule has 0 spiro atoms. The summed E-state index contributed by atoms with van der Waals surface area (Å²) in [5.74, 6) is 2.36. The van der Waals surface area contributed by atoms with Crippen LogP contribution in [0.2, 0.25) is 0 Å². The lowest BCUT2D eigenvalue weighted by atomic mass is 9.91. The summed E-state index contributed by atoms with van der Waals surface area (Å²) < 4.78 is 0. The number of rotatable bonds is 8. The van der Waals surface area contributed by atoms with Crippen molar-refractivity contribution in [1.29, 1.82) is 0 Å². The van der Waals surface area contributed by atoms with Crippen LogP contribution in [0.4, 0.5) is 0 Å². The van der Waals surface area contributed by atoms with E-state index in [1.54, 1.807) is 0 Å². The summed E-state index contributed by atoms with van der Waals surface area (Å²) in [5.41, 5.74) is 2.77. The fraction of sp³-hybridized carbons (Fsp3) is 0.368. The molecule has 0 saturated carbocycles. The largest absolute Gasteiger partial charge is 0.315 e. The molecular weight excluding hydrogens is 274 g/mol. The third kappa shape index (κ3) is 5.22. The molecule has 0 radical (unpaired) electrons. The molecule has 2 rings (SSSR count). The van der Waals surface area contributed by atoms with E-state index in [2.05, 4.69) is 79.2 Å². The quantitative estimate of drug-likeness (QED) is 0.775. The smallest absolute Gasteiger partial charge is 0.0214 e. The maximum absolute atomic E-state index is 3.65. The van der Waals surface area contributed by atoms with Gasteiger partial charge in [0.05, 0.1) is 0 Å². The fourth-order valence-corrected chi connectivity index (χ4v) is 3.30. The number of hydrogen-bond donors (Lipinski definition) is 1. The Hall–Kier alpha value is -1.25. The molecule has 0 heterocycles. The molecule has 2 heteroatoms. The number of hydrogen-bond acceptors (Lipinski definition) is 2. The highest BCUT2D eigenvalue weighted by Gasteiger charge is 2.13. The zero-order valence-electron chi connectivity index (χ0n) is 13.0. The molecule has 2 aromatic carbocycles. The predicted molar refractivity (Wildman–Crippen MR) is 95.1 cm³/mol. The molecular formula is C19H25NS. The van der Waals surface area contributed by atoms with Gasteiger partial charge in [-0.25, -0.2) is 0 Å². The average Bonchev–Trinajstić information content (AvgIpc) is 2.53. The van der Waals surface area contributed by atoms with Crippen LogP contribution in [0.3, 0.4) is 0 Å². The molecule has 21 heavy (non-hydrogen) atoms. The molecule has 0 aliphatic heterocycles. The number of nitrogens with one attached hydrogen (secondary N) is 1. The van der Waals surface area contributed by atoms with E-state index < -0.39 is 0 Å². The second-order valence-electron chi connectivity index (χ2n) is 5.59. The van der Waals surface area contributed by atoms with Gasteiger partial charge in [-0.05, 0) is 35.6 Å². The zero-order chi connectivity index (χ0) is 14.9. The Bertz CT molecular complexity index is 458. The normalized spacial score (nSPS) is 12.5. The highest BCUT2D eigenvalue weighted by atomic mass is 32.2. The second-order valence-corrected chi connectivity index (χ2v) is 6.50. The Morgan fingerprint density at radius 3 is 1.86 bits per heavy atom. The van der Waals surface area contributed by atoms with Crippen LogP contribution in [0, 0.1) is 5.92 Å². The van der Waals surface area contributed by atoms with Gasteiger partial charge in [0, 0.05) is 12.5 Å². The van der Waals surface area contributed by atoms with Gasteiger partial charge in [-0.3, -0.25) is 0 Å². The Morgan fingerprint density at radius 2 is 1.38 bits per heavy atom. The van der Waals surface area contributed by atoms with Crippen molar-refractivity contribution >= 4 is 11.8 Å². The van der Waals surface area contributed by atoms with Gasteiger partial charge in [0.15, 0.2) is 0 Å². The third-order valence-electron chi connectivity index (χ3n) is 3.70. The molecule has 0 bridgehead atoms. The molecule has 1 unspecified atom stereocenters. The van der Waals surface area contributed by atoms with Crippen molar-refractivity contribution in [3.05, 3.63) is 71.8 Å². The topological polar surface area (TPSA) is 12.0 Å². The summed E-state index contributed by atoms with van der Waals surface area (Å²) in [6.45, 7) is 4.38. The van der Waals surface area contributed by atoms with Crippen molar-refractivity contribution in [3.8, 4) is 0 Å². The van der Waals surface area contributed by atoms with Gasteiger partial charge < -0.3 is 5.32 Å². The first-order chi connectivity index (χ1) is 10.3. The summed E-state index contributed by atoms with van der Waals surface area (Å²) in [4.78, 5) is 0. The second kappa shape index (κ2) is 8.91. The minimum absolute atomic E-state index is 0.425. The highest BCUT2D eigenvalue weighted by Crippen LogP contribution is 2.23. The van der Waals surface area contributed by atoms with E-state index >= 15 is 0 Å². The van der Waals surface area contributed by atoms with Crippen molar-refractivity contribution in [2.75, 3.05) is 25.1 Å². The molecule has 0 aromatic heterocycles. The number of thioether (sulfide) groups is 1. The molecule has 2 aromatic rings. The van der Waals surface area contributed by atoms with E-state index in [1.165, 1.54) is 16.9 Å². The van der Waals surface area contributed by atoms with E-state index in [0.29, 0.717) is 11.8 Å². The van der Waals surface area contributed by atoms with E-state index in [-0.39, 0.29) is 0 Å². The molecule has 1 N–H and O–H groups in total. The molecule has 0 fully saturated rings. The first kappa shape index (κ1) is 16.1. The van der Waals surface area contributed by atoms with Crippen molar-refractivity contribution in [2.24, 2.45) is 5.92 Å².